The van der Waals surface area contributed by atoms with Crippen molar-refractivity contribution >= 4 is 29.6 Å². The maximum Gasteiger partial charge on any atom is 0.326 e. The number of nitrogens with one attached hydrogen (secondary N) is 4. The van der Waals surface area contributed by atoms with Crippen LogP contribution in [0.15, 0.2) is 12.5 Å². The number of primary amides is 1. The predicted molar refractivity (Wildman–Crippen MR) is 103 cm³/mol. The van der Waals surface area contributed by atoms with Crippen LogP contribution in [-0.2, 0) is 30.4 Å². The van der Waals surface area contributed by atoms with Gasteiger partial charge in [-0.3, -0.25) is 19.2 Å². The minimum atomic E-state index is -1.56. The van der Waals surface area contributed by atoms with Gasteiger partial charge in [0.2, 0.25) is 23.6 Å². The molecule has 0 aromatic carbocycles. The maximum atomic E-state index is 12.7. The van der Waals surface area contributed by atoms with Crippen LogP contribution >= 0.6 is 0 Å². The van der Waals surface area contributed by atoms with Gasteiger partial charge in [0, 0.05) is 18.3 Å². The summed E-state index contributed by atoms with van der Waals surface area (Å²) < 4.78 is 0. The van der Waals surface area contributed by atoms with Crippen molar-refractivity contribution in [2.75, 3.05) is 6.54 Å². The molecule has 1 heterocycles. The molecule has 30 heavy (non-hydrogen) atoms. The van der Waals surface area contributed by atoms with Crippen LogP contribution in [0.4, 0.5) is 0 Å². The third-order valence-corrected chi connectivity index (χ3v) is 4.08. The van der Waals surface area contributed by atoms with Crippen LogP contribution in [0.2, 0.25) is 0 Å². The number of nitrogens with zero attached hydrogens (tertiary/aromatic N) is 1. The number of carboxylic acids is 1. The second-order valence-corrected chi connectivity index (χ2v) is 6.91. The van der Waals surface area contributed by atoms with Gasteiger partial charge < -0.3 is 37.5 Å². The van der Waals surface area contributed by atoms with Crippen LogP contribution in [0.5, 0.6) is 0 Å². The average Bonchev–Trinajstić information content (AvgIpc) is 3.16. The normalized spacial score (nSPS) is 13.7. The highest BCUT2D eigenvalue weighted by Gasteiger charge is 2.31. The zero-order valence-electron chi connectivity index (χ0n) is 16.7. The molecule has 3 atom stereocenters. The Kier molecular flexibility index (Phi) is 9.42. The molecule has 0 aliphatic rings. The first-order valence-corrected chi connectivity index (χ1v) is 9.13. The number of hydrogen-bond acceptors (Lipinski definition) is 7. The zero-order valence-corrected chi connectivity index (χ0v) is 16.7. The molecule has 9 N–H and O–H groups in total. The molecular formula is C17H27N7O6. The summed E-state index contributed by atoms with van der Waals surface area (Å²) in [5.74, 6) is -4.75. The van der Waals surface area contributed by atoms with Crippen LogP contribution < -0.4 is 27.4 Å². The molecule has 13 heteroatoms. The molecule has 1 aromatic rings. The number of imidazole rings is 1. The van der Waals surface area contributed by atoms with Gasteiger partial charge in [0.1, 0.15) is 18.1 Å². The highest BCUT2D eigenvalue weighted by Crippen LogP contribution is 2.06. The molecule has 0 spiro atoms. The number of hydrogen-bond donors (Lipinski definition) is 7. The van der Waals surface area contributed by atoms with Crippen LogP contribution in [0, 0.1) is 5.92 Å². The lowest BCUT2D eigenvalue weighted by Crippen LogP contribution is -2.58. The standard InChI is InChI=1S/C17H27N7O6/c1-8(2)14(24-13(26)5-18)16(28)22-10(3-9-6-20-7-21-9)15(27)23-11(17(29)30)4-12(19)25/h6-8,10-11,14H,3-5,18H2,1-2H3,(H2,19,25)(H,20,21)(H,22,28)(H,23,27)(H,24,26)(H,29,30). The van der Waals surface area contributed by atoms with Gasteiger partial charge in [-0.2, -0.15) is 0 Å². The van der Waals surface area contributed by atoms with E-state index < -0.39 is 54.1 Å². The van der Waals surface area contributed by atoms with Crippen molar-refractivity contribution in [3.8, 4) is 0 Å². The second kappa shape index (κ2) is 11.5. The molecule has 1 aromatic heterocycles. The lowest BCUT2D eigenvalue weighted by molar-refractivity contribution is -0.143. The van der Waals surface area contributed by atoms with Crippen LogP contribution in [0.25, 0.3) is 0 Å². The van der Waals surface area contributed by atoms with E-state index in [0.29, 0.717) is 5.69 Å². The van der Waals surface area contributed by atoms with Gasteiger partial charge in [-0.05, 0) is 5.92 Å². The van der Waals surface area contributed by atoms with E-state index in [1.54, 1.807) is 13.8 Å². The summed E-state index contributed by atoms with van der Waals surface area (Å²) in [5, 5.41) is 16.4. The maximum absolute atomic E-state index is 12.7. The van der Waals surface area contributed by atoms with Gasteiger partial charge in [0.15, 0.2) is 0 Å². The highest BCUT2D eigenvalue weighted by atomic mass is 16.4. The molecule has 0 aliphatic heterocycles. The van der Waals surface area contributed by atoms with Crippen molar-refractivity contribution < 1.29 is 29.1 Å². The van der Waals surface area contributed by atoms with Gasteiger partial charge in [0.05, 0.1) is 19.3 Å². The summed E-state index contributed by atoms with van der Waals surface area (Å²) in [4.78, 5) is 66.0. The number of carbonyl (C=O) groups is 5. The molecule has 166 valence electrons. The SMILES string of the molecule is CC(C)C(NC(=O)CN)C(=O)NC(Cc1cnc[nH]1)C(=O)NC(CC(N)=O)C(=O)O. The fraction of sp³-hybridized carbons (Fsp3) is 0.529. The lowest BCUT2D eigenvalue weighted by atomic mass is 10.0. The second-order valence-electron chi connectivity index (χ2n) is 6.91. The van der Waals surface area contributed by atoms with Gasteiger partial charge in [-0.25, -0.2) is 9.78 Å². The Morgan fingerprint density at radius 1 is 1.10 bits per heavy atom. The van der Waals surface area contributed by atoms with Gasteiger partial charge in [-0.1, -0.05) is 13.8 Å². The number of carbonyl (C=O) groups excluding carboxylic acids is 4. The average molecular weight is 425 g/mol. The van der Waals surface area contributed by atoms with E-state index in [2.05, 4.69) is 25.9 Å². The number of amides is 4. The van der Waals surface area contributed by atoms with E-state index in [0.717, 1.165) is 0 Å². The number of nitrogens with two attached hydrogens (primary N) is 2. The summed E-state index contributed by atoms with van der Waals surface area (Å²) in [6, 6.07) is -3.75. The Hall–Kier alpha value is -3.48. The van der Waals surface area contributed by atoms with Crippen molar-refractivity contribution in [2.24, 2.45) is 17.4 Å². The first kappa shape index (κ1) is 24.6. The number of carboxylic acid groups (broad SMARTS) is 1. The van der Waals surface area contributed by atoms with Crippen molar-refractivity contribution in [3.63, 3.8) is 0 Å². The van der Waals surface area contributed by atoms with Gasteiger partial charge in [0.25, 0.3) is 0 Å². The zero-order chi connectivity index (χ0) is 22.8. The van der Waals surface area contributed by atoms with E-state index in [-0.39, 0.29) is 18.9 Å². The number of aliphatic carboxylic acids is 1. The molecule has 0 aliphatic carbocycles. The lowest BCUT2D eigenvalue weighted by Gasteiger charge is -2.25. The molecule has 0 saturated heterocycles. The number of H-pyrrole nitrogens is 1. The minimum Gasteiger partial charge on any atom is -0.480 e. The topological polar surface area (TPSA) is 222 Å². The molecule has 4 amide bonds. The molecule has 13 nitrogen and oxygen atoms in total. The Balaban J connectivity index is 3.02. The van der Waals surface area contributed by atoms with Gasteiger partial charge in [-0.15, -0.1) is 0 Å². The third kappa shape index (κ3) is 7.87. The summed E-state index contributed by atoms with van der Waals surface area (Å²) in [6.45, 7) is 3.07. The van der Waals surface area contributed by atoms with Crippen molar-refractivity contribution in [1.82, 2.24) is 25.9 Å². The summed E-state index contributed by atoms with van der Waals surface area (Å²) in [7, 11) is 0. The summed E-state index contributed by atoms with van der Waals surface area (Å²) in [6.07, 6.45) is 2.14. The van der Waals surface area contributed by atoms with E-state index in [9.17, 15) is 29.1 Å². The quantitative estimate of drug-likeness (QED) is 0.182. The Labute approximate surface area is 172 Å². The Bertz CT molecular complexity index is 765. The molecule has 0 radical (unpaired) electrons. The first-order chi connectivity index (χ1) is 14.0. The Morgan fingerprint density at radius 3 is 2.20 bits per heavy atom. The highest BCUT2D eigenvalue weighted by molar-refractivity contribution is 5.94. The molecule has 0 saturated carbocycles. The van der Waals surface area contributed by atoms with E-state index in [1.807, 2.05) is 0 Å². The Morgan fingerprint density at radius 2 is 1.73 bits per heavy atom. The molecule has 0 fully saturated rings. The predicted octanol–water partition coefficient (Wildman–Crippen LogP) is -3.02. The fourth-order valence-corrected chi connectivity index (χ4v) is 2.53. The van der Waals surface area contributed by atoms with Crippen LogP contribution in [0.1, 0.15) is 26.0 Å². The minimum absolute atomic E-state index is 0.0455. The van der Waals surface area contributed by atoms with Crippen LogP contribution in [-0.4, -0.2) is 69.3 Å². The van der Waals surface area contributed by atoms with Crippen LogP contribution in [0.3, 0.4) is 0 Å². The fourth-order valence-electron chi connectivity index (χ4n) is 2.53. The smallest absolute Gasteiger partial charge is 0.326 e. The third-order valence-electron chi connectivity index (χ3n) is 4.08. The first-order valence-electron chi connectivity index (χ1n) is 9.13. The number of aromatic amines is 1. The molecule has 0 bridgehead atoms. The van der Waals surface area contributed by atoms with E-state index in [1.165, 1.54) is 12.5 Å². The van der Waals surface area contributed by atoms with E-state index >= 15 is 0 Å². The number of rotatable bonds is 12. The van der Waals surface area contributed by atoms with Crippen molar-refractivity contribution in [3.05, 3.63) is 18.2 Å². The molecule has 1 rings (SSSR count). The van der Waals surface area contributed by atoms with Crippen molar-refractivity contribution in [1.29, 1.82) is 0 Å². The van der Waals surface area contributed by atoms with Crippen molar-refractivity contribution in [2.45, 2.75) is 44.8 Å². The molecular weight excluding hydrogens is 398 g/mol. The number of aromatic nitrogens is 2. The largest absolute Gasteiger partial charge is 0.480 e. The van der Waals surface area contributed by atoms with E-state index in [4.69, 9.17) is 11.5 Å². The summed E-state index contributed by atoms with van der Waals surface area (Å²) in [5.41, 5.74) is 10.8. The summed E-state index contributed by atoms with van der Waals surface area (Å²) >= 11 is 0. The molecule has 3 unspecified atom stereocenters. The van der Waals surface area contributed by atoms with Gasteiger partial charge >= 0.3 is 5.97 Å². The monoisotopic (exact) mass is 425 g/mol.